The van der Waals surface area contributed by atoms with Gasteiger partial charge in [0.05, 0.1) is 11.2 Å². The van der Waals surface area contributed by atoms with E-state index >= 15 is 0 Å². The van der Waals surface area contributed by atoms with Gasteiger partial charge in [0.15, 0.2) is 0 Å². The maximum atomic E-state index is 11.5. The van der Waals surface area contributed by atoms with Crippen LogP contribution in [-0.4, -0.2) is 41.0 Å². The lowest BCUT2D eigenvalue weighted by atomic mass is 10.0. The maximum Gasteiger partial charge on any atom is 0.215 e. The van der Waals surface area contributed by atoms with Crippen LogP contribution in [0.15, 0.2) is 48.8 Å². The average molecular weight is 343 g/mol. The Hall–Kier alpha value is -2.45. The van der Waals surface area contributed by atoms with Gasteiger partial charge in [-0.3, -0.25) is 0 Å². The van der Waals surface area contributed by atoms with Crippen LogP contribution < -0.4 is 10.0 Å². The highest BCUT2D eigenvalue weighted by Crippen LogP contribution is 2.30. The third kappa shape index (κ3) is 2.44. The summed E-state index contributed by atoms with van der Waals surface area (Å²) in [6, 6.07) is 11.5. The molecule has 2 unspecified atom stereocenters. The van der Waals surface area contributed by atoms with Gasteiger partial charge in [-0.15, -0.1) is 0 Å². The van der Waals surface area contributed by atoms with E-state index in [4.69, 9.17) is 5.14 Å². The Kier molecular flexibility index (Phi) is 3.33. The molecule has 8 heteroatoms. The van der Waals surface area contributed by atoms with Gasteiger partial charge < -0.3 is 4.90 Å². The Labute approximate surface area is 139 Å². The molecule has 2 atom stereocenters. The molecule has 0 amide bonds. The lowest BCUT2D eigenvalue weighted by Gasteiger charge is -2.45. The summed E-state index contributed by atoms with van der Waals surface area (Å²) in [5.74, 6) is 0.716. The minimum Gasteiger partial charge on any atom is -0.351 e. The van der Waals surface area contributed by atoms with Crippen molar-refractivity contribution >= 4 is 26.7 Å². The normalized spacial score (nSPS) is 21.0. The van der Waals surface area contributed by atoms with E-state index in [1.165, 1.54) is 0 Å². The van der Waals surface area contributed by atoms with Crippen molar-refractivity contribution < 1.29 is 8.42 Å². The van der Waals surface area contributed by atoms with Crippen molar-refractivity contribution in [2.24, 2.45) is 5.14 Å². The van der Waals surface area contributed by atoms with Gasteiger partial charge in [0.25, 0.3) is 0 Å². The summed E-state index contributed by atoms with van der Waals surface area (Å²) in [5.41, 5.74) is 1.79. The van der Waals surface area contributed by atoms with E-state index in [1.54, 1.807) is 6.20 Å². The molecule has 0 aliphatic carbocycles. The molecule has 0 radical (unpaired) electrons. The average Bonchev–Trinajstić information content (AvgIpc) is 2.96. The topological polar surface area (TPSA) is 94.1 Å². The molecule has 1 aliphatic rings. The highest BCUT2D eigenvalue weighted by Gasteiger charge is 2.43. The number of para-hydroxylation sites is 1. The van der Waals surface area contributed by atoms with E-state index in [2.05, 4.69) is 10.1 Å². The fourth-order valence-electron chi connectivity index (χ4n) is 3.03. The molecular formula is C16H17N5O2S. The monoisotopic (exact) mass is 343 g/mol. The van der Waals surface area contributed by atoms with E-state index < -0.39 is 15.3 Å². The number of aromatic nitrogens is 3. The number of nitrogens with zero attached hydrogens (tertiary/aromatic N) is 4. The van der Waals surface area contributed by atoms with Gasteiger partial charge in [-0.05, 0) is 19.1 Å². The van der Waals surface area contributed by atoms with Crippen molar-refractivity contribution in [2.75, 3.05) is 11.4 Å². The lowest BCUT2D eigenvalue weighted by molar-refractivity contribution is 0.459. The lowest BCUT2D eigenvalue weighted by Crippen LogP contribution is -2.63. The van der Waals surface area contributed by atoms with Crippen LogP contribution >= 0.6 is 0 Å². The summed E-state index contributed by atoms with van der Waals surface area (Å²) in [7, 11) is -3.52. The SMILES string of the molecule is CC1C(S(N)(=O)=O)CN1c1cc2nn(-c3ccccc3)cc2cn1. The van der Waals surface area contributed by atoms with E-state index in [9.17, 15) is 8.42 Å². The summed E-state index contributed by atoms with van der Waals surface area (Å²) in [6.07, 6.45) is 3.68. The molecule has 7 nitrogen and oxygen atoms in total. The summed E-state index contributed by atoms with van der Waals surface area (Å²) in [4.78, 5) is 6.37. The molecule has 1 aliphatic heterocycles. The Balaban J connectivity index is 1.65. The molecule has 2 aromatic heterocycles. The van der Waals surface area contributed by atoms with Gasteiger partial charge in [0.1, 0.15) is 11.1 Å². The number of hydrogen-bond acceptors (Lipinski definition) is 5. The quantitative estimate of drug-likeness (QED) is 0.773. The molecule has 0 bridgehead atoms. The number of benzene rings is 1. The highest BCUT2D eigenvalue weighted by molar-refractivity contribution is 7.89. The number of primary sulfonamides is 1. The first-order chi connectivity index (χ1) is 11.4. The third-order valence-corrected chi connectivity index (χ3v) is 5.90. The summed E-state index contributed by atoms with van der Waals surface area (Å²) >= 11 is 0. The van der Waals surface area contributed by atoms with Crippen LogP contribution in [0.3, 0.4) is 0 Å². The van der Waals surface area contributed by atoms with Crippen molar-refractivity contribution in [1.29, 1.82) is 0 Å². The maximum absolute atomic E-state index is 11.5. The largest absolute Gasteiger partial charge is 0.351 e. The number of anilines is 1. The van der Waals surface area contributed by atoms with Gasteiger partial charge in [0, 0.05) is 36.4 Å². The van der Waals surface area contributed by atoms with Gasteiger partial charge in [-0.25, -0.2) is 23.2 Å². The van der Waals surface area contributed by atoms with Gasteiger partial charge in [-0.2, -0.15) is 5.10 Å². The Morgan fingerprint density at radius 3 is 2.67 bits per heavy atom. The molecule has 0 saturated carbocycles. The van der Waals surface area contributed by atoms with E-state index in [0.29, 0.717) is 12.4 Å². The molecule has 1 aromatic carbocycles. The van der Waals surface area contributed by atoms with E-state index in [0.717, 1.165) is 16.6 Å². The molecule has 124 valence electrons. The Morgan fingerprint density at radius 2 is 2.00 bits per heavy atom. The molecule has 2 N–H and O–H groups in total. The number of hydrogen-bond donors (Lipinski definition) is 1. The van der Waals surface area contributed by atoms with Crippen molar-refractivity contribution in [3.63, 3.8) is 0 Å². The predicted octanol–water partition coefficient (Wildman–Crippen LogP) is 1.29. The molecule has 4 rings (SSSR count). The van der Waals surface area contributed by atoms with Crippen LogP contribution in [0.2, 0.25) is 0 Å². The Bertz CT molecular complexity index is 1000. The summed E-state index contributed by atoms with van der Waals surface area (Å²) in [6.45, 7) is 2.20. The molecular weight excluding hydrogens is 326 g/mol. The fourth-order valence-corrected chi connectivity index (χ4v) is 4.10. The minimum atomic E-state index is -3.52. The smallest absolute Gasteiger partial charge is 0.215 e. The number of fused-ring (bicyclic) bond motifs is 1. The first-order valence-corrected chi connectivity index (χ1v) is 9.23. The summed E-state index contributed by atoms with van der Waals surface area (Å²) < 4.78 is 24.8. The van der Waals surface area contributed by atoms with Crippen molar-refractivity contribution in [1.82, 2.24) is 14.8 Å². The first kappa shape index (κ1) is 15.1. The number of sulfonamides is 1. The number of rotatable bonds is 3. The molecule has 1 fully saturated rings. The standard InChI is InChI=1S/C16H17N5O2S/c1-11-15(24(17,22)23)10-20(11)16-7-14-12(8-18-16)9-21(19-14)13-5-3-2-4-6-13/h2-9,11,15H,10H2,1H3,(H2,17,22,23). The third-order valence-electron chi connectivity index (χ3n) is 4.52. The van der Waals surface area contributed by atoms with Crippen LogP contribution in [0.1, 0.15) is 6.92 Å². The molecule has 24 heavy (non-hydrogen) atoms. The molecule has 3 aromatic rings. The van der Waals surface area contributed by atoms with Crippen LogP contribution in [0.4, 0.5) is 5.82 Å². The zero-order valence-corrected chi connectivity index (χ0v) is 13.9. The van der Waals surface area contributed by atoms with E-state index in [1.807, 2.05) is 59.1 Å². The van der Waals surface area contributed by atoms with Gasteiger partial charge >= 0.3 is 0 Å². The molecule has 3 heterocycles. The zero-order valence-electron chi connectivity index (χ0n) is 13.1. The first-order valence-electron chi connectivity index (χ1n) is 7.62. The van der Waals surface area contributed by atoms with Crippen LogP contribution in [-0.2, 0) is 10.0 Å². The number of pyridine rings is 1. The summed E-state index contributed by atoms with van der Waals surface area (Å²) in [5, 5.41) is 10.2. The van der Waals surface area contributed by atoms with Crippen LogP contribution in [0.5, 0.6) is 0 Å². The van der Waals surface area contributed by atoms with Crippen LogP contribution in [0, 0.1) is 0 Å². The second-order valence-electron chi connectivity index (χ2n) is 6.03. The van der Waals surface area contributed by atoms with E-state index in [-0.39, 0.29) is 6.04 Å². The van der Waals surface area contributed by atoms with Gasteiger partial charge in [-0.1, -0.05) is 18.2 Å². The van der Waals surface area contributed by atoms with Gasteiger partial charge in [0.2, 0.25) is 10.0 Å². The molecule has 1 saturated heterocycles. The minimum absolute atomic E-state index is 0.193. The second kappa shape index (κ2) is 5.29. The predicted molar refractivity (Wildman–Crippen MR) is 92.6 cm³/mol. The zero-order chi connectivity index (χ0) is 16.9. The number of nitrogens with two attached hydrogens (primary N) is 1. The second-order valence-corrected chi connectivity index (χ2v) is 7.81. The van der Waals surface area contributed by atoms with Crippen molar-refractivity contribution in [3.05, 3.63) is 48.8 Å². The van der Waals surface area contributed by atoms with Crippen LogP contribution in [0.25, 0.3) is 16.6 Å². The highest BCUT2D eigenvalue weighted by atomic mass is 32.2. The molecule has 0 spiro atoms. The Morgan fingerprint density at radius 1 is 1.25 bits per heavy atom. The van der Waals surface area contributed by atoms with Crippen molar-refractivity contribution in [2.45, 2.75) is 18.2 Å². The van der Waals surface area contributed by atoms with Crippen molar-refractivity contribution in [3.8, 4) is 5.69 Å². The fraction of sp³-hybridized carbons (Fsp3) is 0.250.